The van der Waals surface area contributed by atoms with E-state index in [9.17, 15) is 18.3 Å². The van der Waals surface area contributed by atoms with E-state index in [2.05, 4.69) is 4.72 Å². The van der Waals surface area contributed by atoms with Crippen molar-refractivity contribution in [2.45, 2.75) is 11.3 Å². The highest BCUT2D eigenvalue weighted by molar-refractivity contribution is 7.90. The molecular formula is C12H14N2O4S2. The van der Waals surface area contributed by atoms with Crippen LogP contribution in [0, 0.1) is 0 Å². The highest BCUT2D eigenvalue weighted by atomic mass is 32.2. The minimum Gasteiger partial charge on any atom is -0.477 e. The molecule has 20 heavy (non-hydrogen) atoms. The van der Waals surface area contributed by atoms with Gasteiger partial charge >= 0.3 is 5.97 Å². The van der Waals surface area contributed by atoms with E-state index in [1.807, 2.05) is 0 Å². The van der Waals surface area contributed by atoms with E-state index >= 15 is 0 Å². The Morgan fingerprint density at radius 2 is 2.05 bits per heavy atom. The Morgan fingerprint density at radius 3 is 2.70 bits per heavy atom. The summed E-state index contributed by atoms with van der Waals surface area (Å²) in [6, 6.07) is 6.73. The van der Waals surface area contributed by atoms with E-state index in [1.54, 1.807) is 24.3 Å². The topological polar surface area (TPSA) is 109 Å². The predicted molar refractivity (Wildman–Crippen MR) is 77.6 cm³/mol. The molecule has 0 fully saturated rings. The highest BCUT2D eigenvalue weighted by Gasteiger charge is 2.27. The highest BCUT2D eigenvalue weighted by Crippen LogP contribution is 2.34. The molecule has 6 nitrogen and oxygen atoms in total. The molecule has 0 radical (unpaired) electrons. The van der Waals surface area contributed by atoms with Crippen molar-refractivity contribution in [3.8, 4) is 0 Å². The summed E-state index contributed by atoms with van der Waals surface area (Å²) < 4.78 is 27.6. The monoisotopic (exact) mass is 314 g/mol. The number of hydrogen-bond donors (Lipinski definition) is 3. The fourth-order valence-corrected chi connectivity index (χ4v) is 4.62. The molecule has 4 N–H and O–H groups in total. The van der Waals surface area contributed by atoms with Crippen molar-refractivity contribution in [2.24, 2.45) is 5.73 Å². The lowest BCUT2D eigenvalue weighted by atomic mass is 10.2. The zero-order chi connectivity index (χ0) is 14.8. The lowest BCUT2D eigenvalue weighted by molar-refractivity contribution is 0.0698. The lowest BCUT2D eigenvalue weighted by Gasteiger charge is -2.06. The van der Waals surface area contributed by atoms with Crippen molar-refractivity contribution in [1.82, 2.24) is 4.72 Å². The van der Waals surface area contributed by atoms with Gasteiger partial charge in [0.1, 0.15) is 9.77 Å². The predicted octanol–water partition coefficient (Wildman–Crippen LogP) is 1.23. The van der Waals surface area contributed by atoms with E-state index < -0.39 is 16.0 Å². The second kappa shape index (κ2) is 5.88. The van der Waals surface area contributed by atoms with Crippen LogP contribution in [0.1, 0.15) is 16.1 Å². The summed E-state index contributed by atoms with van der Waals surface area (Å²) in [7, 11) is -3.87. The third-order valence-electron chi connectivity index (χ3n) is 2.69. The Hall–Kier alpha value is -1.48. The average molecular weight is 314 g/mol. The van der Waals surface area contributed by atoms with Crippen LogP contribution >= 0.6 is 11.3 Å². The maximum atomic E-state index is 12.3. The minimum absolute atomic E-state index is 0.164. The first-order chi connectivity index (χ1) is 9.47. The largest absolute Gasteiger partial charge is 0.477 e. The number of hydrogen-bond acceptors (Lipinski definition) is 5. The van der Waals surface area contributed by atoms with E-state index in [1.165, 1.54) is 0 Å². The summed E-state index contributed by atoms with van der Waals surface area (Å²) in [5.41, 5.74) is 5.32. The van der Waals surface area contributed by atoms with Crippen LogP contribution in [0.3, 0.4) is 0 Å². The number of carboxylic acid groups (broad SMARTS) is 1. The number of carboxylic acids is 1. The van der Waals surface area contributed by atoms with Crippen LogP contribution in [0.2, 0.25) is 0 Å². The number of aromatic carboxylic acids is 1. The molecule has 0 saturated heterocycles. The molecule has 0 aliphatic heterocycles. The van der Waals surface area contributed by atoms with Gasteiger partial charge in [-0.25, -0.2) is 17.9 Å². The Labute approximate surface area is 120 Å². The van der Waals surface area contributed by atoms with Crippen molar-refractivity contribution < 1.29 is 18.3 Å². The van der Waals surface area contributed by atoms with Crippen LogP contribution in [0.25, 0.3) is 10.1 Å². The number of nitrogens with two attached hydrogens (primary N) is 1. The standard InChI is InChI=1S/C12H14N2O4S2/c13-6-3-7-14-20(17,18)11-8-4-1-2-5-9(8)19-10(11)12(15)16/h1-2,4-5,14H,3,6-7,13H2,(H,15,16). The summed E-state index contributed by atoms with van der Waals surface area (Å²) in [5, 5.41) is 9.63. The van der Waals surface area contributed by atoms with Gasteiger partial charge in [-0.2, -0.15) is 0 Å². The fraction of sp³-hybridized carbons (Fsp3) is 0.250. The summed E-state index contributed by atoms with van der Waals surface area (Å²) >= 11 is 0.955. The van der Waals surface area contributed by atoms with E-state index in [-0.39, 0.29) is 16.3 Å². The summed E-state index contributed by atoms with van der Waals surface area (Å²) in [5.74, 6) is -1.25. The zero-order valence-corrected chi connectivity index (χ0v) is 12.1. The number of sulfonamides is 1. The number of benzene rings is 1. The molecule has 0 amide bonds. The maximum absolute atomic E-state index is 12.3. The zero-order valence-electron chi connectivity index (χ0n) is 10.5. The Morgan fingerprint density at radius 1 is 1.35 bits per heavy atom. The molecule has 108 valence electrons. The van der Waals surface area contributed by atoms with Gasteiger partial charge in [-0.05, 0) is 19.0 Å². The number of carbonyl (C=O) groups is 1. The smallest absolute Gasteiger partial charge is 0.347 e. The van der Waals surface area contributed by atoms with Crippen molar-refractivity contribution in [1.29, 1.82) is 0 Å². The summed E-state index contributed by atoms with van der Waals surface area (Å²) in [4.78, 5) is 10.9. The van der Waals surface area contributed by atoms with E-state index in [0.29, 0.717) is 23.1 Å². The van der Waals surface area contributed by atoms with Gasteiger partial charge in [0.05, 0.1) is 0 Å². The Balaban J connectivity index is 2.56. The van der Waals surface area contributed by atoms with Gasteiger partial charge in [0.25, 0.3) is 0 Å². The molecule has 2 rings (SSSR count). The van der Waals surface area contributed by atoms with Gasteiger partial charge in [0.2, 0.25) is 10.0 Å². The molecule has 0 saturated carbocycles. The molecule has 0 atom stereocenters. The first kappa shape index (κ1) is 14.9. The van der Waals surface area contributed by atoms with Gasteiger partial charge in [0.15, 0.2) is 0 Å². The van der Waals surface area contributed by atoms with E-state index in [0.717, 1.165) is 11.3 Å². The lowest BCUT2D eigenvalue weighted by Crippen LogP contribution is -2.27. The molecule has 1 heterocycles. The van der Waals surface area contributed by atoms with Crippen molar-refractivity contribution in [3.63, 3.8) is 0 Å². The summed E-state index contributed by atoms with van der Waals surface area (Å²) in [6.45, 7) is 0.542. The third-order valence-corrected chi connectivity index (χ3v) is 5.52. The summed E-state index contributed by atoms with van der Waals surface area (Å²) in [6.07, 6.45) is 0.490. The van der Waals surface area contributed by atoms with Crippen LogP contribution in [-0.4, -0.2) is 32.6 Å². The molecule has 8 heteroatoms. The second-order valence-corrected chi connectivity index (χ2v) is 6.86. The molecule has 1 aromatic carbocycles. The van der Waals surface area contributed by atoms with Gasteiger partial charge in [-0.1, -0.05) is 18.2 Å². The van der Waals surface area contributed by atoms with Crippen molar-refractivity contribution in [3.05, 3.63) is 29.1 Å². The molecule has 0 spiro atoms. The molecule has 2 aromatic rings. The SMILES string of the molecule is NCCCNS(=O)(=O)c1c(C(=O)O)sc2ccccc12. The number of thiophene rings is 1. The number of rotatable bonds is 6. The first-order valence-corrected chi connectivity index (χ1v) is 8.22. The van der Waals surface area contributed by atoms with Gasteiger partial charge < -0.3 is 10.8 Å². The van der Waals surface area contributed by atoms with Crippen molar-refractivity contribution in [2.75, 3.05) is 13.1 Å². The van der Waals surface area contributed by atoms with Crippen LogP contribution in [0.4, 0.5) is 0 Å². The number of nitrogens with one attached hydrogen (secondary N) is 1. The van der Waals surface area contributed by atoms with Crippen LogP contribution in [0.15, 0.2) is 29.2 Å². The normalized spacial score (nSPS) is 11.8. The molecule has 0 aliphatic rings. The van der Waals surface area contributed by atoms with Crippen LogP contribution < -0.4 is 10.5 Å². The van der Waals surface area contributed by atoms with Gasteiger partial charge in [0, 0.05) is 16.6 Å². The quantitative estimate of drug-likeness (QED) is 0.695. The Kier molecular flexibility index (Phi) is 4.39. The molecule has 0 aliphatic carbocycles. The second-order valence-electron chi connectivity index (χ2n) is 4.10. The fourth-order valence-electron chi connectivity index (χ4n) is 1.81. The molecule has 0 unspecified atom stereocenters. The number of fused-ring (bicyclic) bond motifs is 1. The molecular weight excluding hydrogens is 300 g/mol. The molecule has 0 bridgehead atoms. The average Bonchev–Trinajstić information content (AvgIpc) is 2.79. The Bertz CT molecular complexity index is 737. The minimum atomic E-state index is -3.87. The van der Waals surface area contributed by atoms with E-state index in [4.69, 9.17) is 5.73 Å². The molecule has 1 aromatic heterocycles. The van der Waals surface area contributed by atoms with Crippen molar-refractivity contribution >= 4 is 37.4 Å². The van der Waals surface area contributed by atoms with Crippen LogP contribution in [-0.2, 0) is 10.0 Å². The van der Waals surface area contributed by atoms with Gasteiger partial charge in [-0.15, -0.1) is 11.3 Å². The van der Waals surface area contributed by atoms with Crippen LogP contribution in [0.5, 0.6) is 0 Å². The first-order valence-electron chi connectivity index (χ1n) is 5.92. The van der Waals surface area contributed by atoms with Gasteiger partial charge in [-0.3, -0.25) is 0 Å². The third kappa shape index (κ3) is 2.83. The maximum Gasteiger partial charge on any atom is 0.347 e.